The van der Waals surface area contributed by atoms with Crippen LogP contribution in [0.5, 0.6) is 0 Å². The SMILES string of the molecule is CCc1ccc(C(=O)Nc2cccc(CN3CCC(C(=O)NC4CCCCC4)CC3)c2)cc1. The van der Waals surface area contributed by atoms with Crippen LogP contribution < -0.4 is 10.6 Å². The molecule has 5 nitrogen and oxygen atoms in total. The van der Waals surface area contributed by atoms with Gasteiger partial charge < -0.3 is 10.6 Å². The third kappa shape index (κ3) is 6.67. The van der Waals surface area contributed by atoms with Gasteiger partial charge in [-0.25, -0.2) is 0 Å². The fourth-order valence-corrected chi connectivity index (χ4v) is 5.02. The molecule has 0 spiro atoms. The van der Waals surface area contributed by atoms with Crippen LogP contribution >= 0.6 is 0 Å². The van der Waals surface area contributed by atoms with E-state index in [4.69, 9.17) is 0 Å². The number of nitrogens with one attached hydrogen (secondary N) is 2. The minimum absolute atomic E-state index is 0.0837. The summed E-state index contributed by atoms with van der Waals surface area (Å²) in [6, 6.07) is 16.3. The van der Waals surface area contributed by atoms with Gasteiger partial charge in [0.05, 0.1) is 0 Å². The van der Waals surface area contributed by atoms with E-state index in [-0.39, 0.29) is 17.7 Å². The fraction of sp³-hybridized carbons (Fsp3) is 0.500. The molecule has 2 aromatic carbocycles. The summed E-state index contributed by atoms with van der Waals surface area (Å²) in [5.74, 6) is 0.325. The zero-order valence-corrected chi connectivity index (χ0v) is 19.8. The molecule has 2 fully saturated rings. The number of rotatable bonds is 7. The highest BCUT2D eigenvalue weighted by molar-refractivity contribution is 6.04. The number of anilines is 1. The second kappa shape index (κ2) is 11.5. The molecular weight excluding hydrogens is 410 g/mol. The van der Waals surface area contributed by atoms with Crippen LogP contribution in [0.3, 0.4) is 0 Å². The number of piperidine rings is 1. The molecule has 1 saturated carbocycles. The number of likely N-dealkylation sites (tertiary alicyclic amines) is 1. The first kappa shape index (κ1) is 23.5. The third-order valence-corrected chi connectivity index (χ3v) is 7.13. The lowest BCUT2D eigenvalue weighted by Gasteiger charge is -2.32. The zero-order valence-electron chi connectivity index (χ0n) is 19.8. The van der Waals surface area contributed by atoms with Gasteiger partial charge in [0.1, 0.15) is 0 Å². The molecule has 0 aromatic heterocycles. The van der Waals surface area contributed by atoms with E-state index in [0.717, 1.165) is 57.4 Å². The average Bonchev–Trinajstić information content (AvgIpc) is 2.85. The molecule has 33 heavy (non-hydrogen) atoms. The first-order valence-electron chi connectivity index (χ1n) is 12.6. The quantitative estimate of drug-likeness (QED) is 0.616. The van der Waals surface area contributed by atoms with Crippen molar-refractivity contribution in [2.45, 2.75) is 70.9 Å². The van der Waals surface area contributed by atoms with E-state index in [1.807, 2.05) is 36.4 Å². The van der Waals surface area contributed by atoms with Crippen molar-refractivity contribution in [3.8, 4) is 0 Å². The monoisotopic (exact) mass is 447 g/mol. The highest BCUT2D eigenvalue weighted by Crippen LogP contribution is 2.23. The summed E-state index contributed by atoms with van der Waals surface area (Å²) < 4.78 is 0. The molecule has 1 saturated heterocycles. The van der Waals surface area contributed by atoms with Crippen LogP contribution in [0.25, 0.3) is 0 Å². The highest BCUT2D eigenvalue weighted by Gasteiger charge is 2.27. The van der Waals surface area contributed by atoms with Gasteiger partial charge >= 0.3 is 0 Å². The number of benzene rings is 2. The highest BCUT2D eigenvalue weighted by atomic mass is 16.2. The Morgan fingerprint density at radius 2 is 1.64 bits per heavy atom. The average molecular weight is 448 g/mol. The van der Waals surface area contributed by atoms with E-state index in [9.17, 15) is 9.59 Å². The topological polar surface area (TPSA) is 61.4 Å². The summed E-state index contributed by atoms with van der Waals surface area (Å²) in [5.41, 5.74) is 3.90. The van der Waals surface area contributed by atoms with Gasteiger partial charge in [-0.1, -0.05) is 50.5 Å². The van der Waals surface area contributed by atoms with E-state index < -0.39 is 0 Å². The molecule has 2 N–H and O–H groups in total. The van der Waals surface area contributed by atoms with Crippen molar-refractivity contribution in [1.29, 1.82) is 0 Å². The van der Waals surface area contributed by atoms with Gasteiger partial charge in [0.25, 0.3) is 5.91 Å². The Bertz CT molecular complexity index is 926. The van der Waals surface area contributed by atoms with Crippen molar-refractivity contribution in [3.05, 3.63) is 65.2 Å². The number of hydrogen-bond acceptors (Lipinski definition) is 3. The number of aryl methyl sites for hydroxylation is 1. The molecule has 2 aliphatic rings. The Kier molecular flexibility index (Phi) is 8.16. The number of carbonyl (C=O) groups excluding carboxylic acids is 2. The molecule has 2 amide bonds. The van der Waals surface area contributed by atoms with Crippen LogP contribution in [0, 0.1) is 5.92 Å². The van der Waals surface area contributed by atoms with Crippen molar-refractivity contribution >= 4 is 17.5 Å². The summed E-state index contributed by atoms with van der Waals surface area (Å²) in [7, 11) is 0. The van der Waals surface area contributed by atoms with Gasteiger partial charge in [-0.15, -0.1) is 0 Å². The molecule has 0 radical (unpaired) electrons. The summed E-state index contributed by atoms with van der Waals surface area (Å²) in [4.78, 5) is 27.7. The molecule has 1 heterocycles. The van der Waals surface area contributed by atoms with E-state index in [1.54, 1.807) is 0 Å². The smallest absolute Gasteiger partial charge is 0.255 e. The molecule has 0 atom stereocenters. The molecule has 1 aliphatic heterocycles. The molecule has 176 valence electrons. The van der Waals surface area contributed by atoms with Gasteiger partial charge in [0.2, 0.25) is 5.91 Å². The fourth-order valence-electron chi connectivity index (χ4n) is 5.02. The van der Waals surface area contributed by atoms with E-state index in [0.29, 0.717) is 11.6 Å². The summed E-state index contributed by atoms with van der Waals surface area (Å²) in [5, 5.41) is 6.32. The van der Waals surface area contributed by atoms with Gasteiger partial charge in [0, 0.05) is 29.8 Å². The van der Waals surface area contributed by atoms with Crippen LogP contribution in [0.15, 0.2) is 48.5 Å². The Morgan fingerprint density at radius 3 is 2.33 bits per heavy atom. The third-order valence-electron chi connectivity index (χ3n) is 7.13. The lowest BCUT2D eigenvalue weighted by Crippen LogP contribution is -2.44. The molecule has 1 aliphatic carbocycles. The van der Waals surface area contributed by atoms with Crippen LogP contribution in [-0.2, 0) is 17.8 Å². The summed E-state index contributed by atoms with van der Waals surface area (Å²) in [6.45, 7) is 4.81. The van der Waals surface area contributed by atoms with Crippen LogP contribution in [-0.4, -0.2) is 35.8 Å². The van der Waals surface area contributed by atoms with Gasteiger partial charge in [-0.05, 0) is 80.6 Å². The van der Waals surface area contributed by atoms with E-state index >= 15 is 0 Å². The van der Waals surface area contributed by atoms with Gasteiger partial charge in [-0.3, -0.25) is 14.5 Å². The number of carbonyl (C=O) groups is 2. The van der Waals surface area contributed by atoms with Crippen LogP contribution in [0.1, 0.15) is 73.4 Å². The standard InChI is InChI=1S/C28H37N3O2/c1-2-21-11-13-23(14-12-21)27(32)30-26-10-6-7-22(19-26)20-31-17-15-24(16-18-31)28(33)29-25-8-4-3-5-9-25/h6-7,10-14,19,24-25H,2-5,8-9,15-18,20H2,1H3,(H,29,33)(H,30,32). The number of amides is 2. The van der Waals surface area contributed by atoms with Gasteiger partial charge in [-0.2, -0.15) is 0 Å². The second-order valence-corrected chi connectivity index (χ2v) is 9.60. The number of hydrogen-bond donors (Lipinski definition) is 2. The second-order valence-electron chi connectivity index (χ2n) is 9.60. The van der Waals surface area contributed by atoms with Crippen LogP contribution in [0.2, 0.25) is 0 Å². The Hall–Kier alpha value is -2.66. The van der Waals surface area contributed by atoms with Crippen molar-refractivity contribution in [2.24, 2.45) is 5.92 Å². The number of nitrogens with zero attached hydrogens (tertiary/aromatic N) is 1. The zero-order chi connectivity index (χ0) is 23.0. The first-order chi connectivity index (χ1) is 16.1. The largest absolute Gasteiger partial charge is 0.353 e. The van der Waals surface area contributed by atoms with Crippen molar-refractivity contribution < 1.29 is 9.59 Å². The summed E-state index contributed by atoms with van der Waals surface area (Å²) >= 11 is 0. The van der Waals surface area contributed by atoms with Crippen molar-refractivity contribution in [2.75, 3.05) is 18.4 Å². The lowest BCUT2D eigenvalue weighted by molar-refractivity contribution is -0.127. The minimum atomic E-state index is -0.0837. The summed E-state index contributed by atoms with van der Waals surface area (Å²) in [6.07, 6.45) is 8.88. The maximum atomic E-state index is 12.7. The Labute approximate surface area is 197 Å². The van der Waals surface area contributed by atoms with Crippen molar-refractivity contribution in [1.82, 2.24) is 10.2 Å². The predicted octanol–water partition coefficient (Wildman–Crippen LogP) is 5.16. The first-order valence-corrected chi connectivity index (χ1v) is 12.6. The minimum Gasteiger partial charge on any atom is -0.353 e. The lowest BCUT2D eigenvalue weighted by atomic mass is 9.92. The van der Waals surface area contributed by atoms with E-state index in [2.05, 4.69) is 34.6 Å². The normalized spacial score (nSPS) is 18.1. The molecule has 5 heteroatoms. The molecule has 4 rings (SSSR count). The van der Waals surface area contributed by atoms with Gasteiger partial charge in [0.15, 0.2) is 0 Å². The molecular formula is C28H37N3O2. The van der Waals surface area contributed by atoms with Crippen molar-refractivity contribution in [3.63, 3.8) is 0 Å². The van der Waals surface area contributed by atoms with E-state index in [1.165, 1.54) is 30.4 Å². The maximum absolute atomic E-state index is 12.7. The predicted molar refractivity (Wildman–Crippen MR) is 133 cm³/mol. The molecule has 2 aromatic rings. The Balaban J connectivity index is 1.25. The molecule has 0 unspecified atom stereocenters. The Morgan fingerprint density at radius 1 is 0.909 bits per heavy atom. The maximum Gasteiger partial charge on any atom is 0.255 e. The molecule has 0 bridgehead atoms. The van der Waals surface area contributed by atoms with Crippen LogP contribution in [0.4, 0.5) is 5.69 Å².